The molecule has 1 amide bonds. The Morgan fingerprint density at radius 1 is 1.19 bits per heavy atom. The topological polar surface area (TPSA) is 112 Å². The lowest BCUT2D eigenvalue weighted by atomic mass is 10.1. The fraction of sp³-hybridized carbons (Fsp3) is 0.500. The molecule has 1 aromatic carbocycles. The predicted octanol–water partition coefficient (Wildman–Crippen LogP) is 0.680. The van der Waals surface area contributed by atoms with E-state index in [1.165, 1.54) is 0 Å². The van der Waals surface area contributed by atoms with Gasteiger partial charge in [0.15, 0.2) is 0 Å². The number of hydrogen-bond acceptors (Lipinski definition) is 8. The Labute approximate surface area is 187 Å². The molecule has 1 saturated heterocycles. The third-order valence-corrected chi connectivity index (χ3v) is 5.96. The molecule has 3 heterocycles. The van der Waals surface area contributed by atoms with Crippen LogP contribution in [0.4, 0.5) is 5.95 Å². The SMILES string of the molecule is CC(C)C(CO)NC(=O)CN1CCN(c2nncc(-c3ccc4c(cnn4C)c3)n2)CC1. The molecule has 170 valence electrons. The quantitative estimate of drug-likeness (QED) is 0.554. The van der Waals surface area contributed by atoms with E-state index in [2.05, 4.69) is 36.5 Å². The molecule has 0 saturated carbocycles. The average Bonchev–Trinajstić information content (AvgIpc) is 3.18. The summed E-state index contributed by atoms with van der Waals surface area (Å²) in [6, 6.07) is 5.90. The van der Waals surface area contributed by atoms with Gasteiger partial charge in [-0.05, 0) is 18.1 Å². The number of fused-ring (bicyclic) bond motifs is 1. The van der Waals surface area contributed by atoms with E-state index in [-0.39, 0.29) is 24.5 Å². The maximum Gasteiger partial charge on any atom is 0.245 e. The minimum Gasteiger partial charge on any atom is -0.394 e. The molecule has 1 fully saturated rings. The first kappa shape index (κ1) is 22.1. The van der Waals surface area contributed by atoms with Crippen LogP contribution in [0.2, 0.25) is 0 Å². The molecule has 10 nitrogen and oxygen atoms in total. The fourth-order valence-electron chi connectivity index (χ4n) is 3.87. The first-order chi connectivity index (χ1) is 15.4. The Balaban J connectivity index is 1.37. The lowest BCUT2D eigenvalue weighted by Crippen LogP contribution is -2.52. The molecule has 0 bridgehead atoms. The van der Waals surface area contributed by atoms with E-state index in [1.807, 2.05) is 43.9 Å². The highest BCUT2D eigenvalue weighted by atomic mass is 16.3. The molecular formula is C22H30N8O2. The van der Waals surface area contributed by atoms with Crippen LogP contribution in [0.5, 0.6) is 0 Å². The number of amides is 1. The summed E-state index contributed by atoms with van der Waals surface area (Å²) in [5, 5.41) is 26.1. The predicted molar refractivity (Wildman–Crippen MR) is 122 cm³/mol. The molecule has 0 spiro atoms. The Bertz CT molecular complexity index is 1070. The van der Waals surface area contributed by atoms with E-state index < -0.39 is 0 Å². The highest BCUT2D eigenvalue weighted by Gasteiger charge is 2.23. The molecule has 4 rings (SSSR count). The van der Waals surface area contributed by atoms with Gasteiger partial charge in [-0.2, -0.15) is 10.2 Å². The van der Waals surface area contributed by atoms with Crippen molar-refractivity contribution in [1.82, 2.24) is 35.2 Å². The Hall–Kier alpha value is -3.11. The van der Waals surface area contributed by atoms with Gasteiger partial charge in [0.2, 0.25) is 11.9 Å². The number of hydrogen-bond donors (Lipinski definition) is 2. The Kier molecular flexibility index (Phi) is 6.61. The number of aryl methyl sites for hydroxylation is 1. The van der Waals surface area contributed by atoms with Gasteiger partial charge in [-0.1, -0.05) is 19.9 Å². The van der Waals surface area contributed by atoms with E-state index in [1.54, 1.807) is 6.20 Å². The van der Waals surface area contributed by atoms with Crippen LogP contribution >= 0.6 is 0 Å². The molecule has 32 heavy (non-hydrogen) atoms. The first-order valence-electron chi connectivity index (χ1n) is 10.9. The lowest BCUT2D eigenvalue weighted by molar-refractivity contribution is -0.123. The van der Waals surface area contributed by atoms with E-state index >= 15 is 0 Å². The number of carbonyl (C=O) groups is 1. The highest BCUT2D eigenvalue weighted by molar-refractivity contribution is 5.83. The molecule has 0 aliphatic carbocycles. The molecule has 1 unspecified atom stereocenters. The second-order valence-corrected chi connectivity index (χ2v) is 8.55. The van der Waals surface area contributed by atoms with Crippen molar-refractivity contribution in [2.45, 2.75) is 19.9 Å². The third-order valence-electron chi connectivity index (χ3n) is 5.96. The van der Waals surface area contributed by atoms with Crippen LogP contribution in [0, 0.1) is 5.92 Å². The molecule has 2 aromatic heterocycles. The number of aliphatic hydroxyl groups excluding tert-OH is 1. The number of aromatic nitrogens is 5. The molecular weight excluding hydrogens is 408 g/mol. The third kappa shape index (κ3) is 4.86. The lowest BCUT2D eigenvalue weighted by Gasteiger charge is -2.34. The van der Waals surface area contributed by atoms with Crippen molar-refractivity contribution in [3.05, 3.63) is 30.6 Å². The summed E-state index contributed by atoms with van der Waals surface area (Å²) in [7, 11) is 1.92. The smallest absolute Gasteiger partial charge is 0.245 e. The largest absolute Gasteiger partial charge is 0.394 e. The highest BCUT2D eigenvalue weighted by Crippen LogP contribution is 2.23. The van der Waals surface area contributed by atoms with Crippen LogP contribution in [0.3, 0.4) is 0 Å². The van der Waals surface area contributed by atoms with Crippen LogP contribution in [-0.2, 0) is 11.8 Å². The second-order valence-electron chi connectivity index (χ2n) is 8.55. The molecule has 10 heteroatoms. The molecule has 2 N–H and O–H groups in total. The van der Waals surface area contributed by atoms with Crippen molar-refractivity contribution < 1.29 is 9.90 Å². The number of benzene rings is 1. The van der Waals surface area contributed by atoms with Crippen LogP contribution in [0.15, 0.2) is 30.6 Å². The van der Waals surface area contributed by atoms with Crippen LogP contribution in [0.25, 0.3) is 22.2 Å². The minimum atomic E-state index is -0.211. The van der Waals surface area contributed by atoms with Crippen molar-refractivity contribution in [2.75, 3.05) is 44.2 Å². The number of anilines is 1. The summed E-state index contributed by atoms with van der Waals surface area (Å²) in [5.74, 6) is 0.728. The van der Waals surface area contributed by atoms with Gasteiger partial charge in [0.1, 0.15) is 0 Å². The van der Waals surface area contributed by atoms with E-state index in [0.717, 1.165) is 35.2 Å². The summed E-state index contributed by atoms with van der Waals surface area (Å²) in [6.07, 6.45) is 3.52. The van der Waals surface area contributed by atoms with E-state index in [4.69, 9.17) is 4.98 Å². The normalized spacial score (nSPS) is 16.0. The molecule has 1 atom stereocenters. The van der Waals surface area contributed by atoms with Gasteiger partial charge in [0.05, 0.1) is 42.8 Å². The molecule has 1 aliphatic heterocycles. The van der Waals surface area contributed by atoms with Crippen molar-refractivity contribution in [2.24, 2.45) is 13.0 Å². The monoisotopic (exact) mass is 438 g/mol. The van der Waals surface area contributed by atoms with Crippen molar-refractivity contribution in [3.8, 4) is 11.3 Å². The summed E-state index contributed by atoms with van der Waals surface area (Å²) in [5.41, 5.74) is 2.81. The van der Waals surface area contributed by atoms with Crippen LogP contribution in [0.1, 0.15) is 13.8 Å². The molecule has 3 aromatic rings. The Morgan fingerprint density at radius 2 is 1.97 bits per heavy atom. The van der Waals surface area contributed by atoms with Gasteiger partial charge in [-0.3, -0.25) is 14.4 Å². The fourth-order valence-corrected chi connectivity index (χ4v) is 3.87. The van der Waals surface area contributed by atoms with Gasteiger partial charge in [-0.25, -0.2) is 4.98 Å². The first-order valence-corrected chi connectivity index (χ1v) is 10.9. The summed E-state index contributed by atoms with van der Waals surface area (Å²) in [4.78, 5) is 21.3. The number of carbonyl (C=O) groups excluding carboxylic acids is 1. The number of rotatable bonds is 7. The van der Waals surface area contributed by atoms with Crippen molar-refractivity contribution >= 4 is 22.8 Å². The average molecular weight is 439 g/mol. The number of nitrogens with one attached hydrogen (secondary N) is 1. The van der Waals surface area contributed by atoms with Crippen molar-refractivity contribution in [3.63, 3.8) is 0 Å². The maximum absolute atomic E-state index is 12.3. The number of nitrogens with zero attached hydrogens (tertiary/aromatic N) is 7. The van der Waals surface area contributed by atoms with E-state index in [9.17, 15) is 9.90 Å². The molecule has 0 radical (unpaired) electrons. The van der Waals surface area contributed by atoms with Gasteiger partial charge in [0, 0.05) is 44.2 Å². The van der Waals surface area contributed by atoms with Crippen LogP contribution in [-0.4, -0.2) is 86.2 Å². The van der Waals surface area contributed by atoms with E-state index in [0.29, 0.717) is 25.6 Å². The van der Waals surface area contributed by atoms with Gasteiger partial charge >= 0.3 is 0 Å². The zero-order chi connectivity index (χ0) is 22.7. The Morgan fingerprint density at radius 3 is 2.69 bits per heavy atom. The zero-order valence-corrected chi connectivity index (χ0v) is 18.8. The van der Waals surface area contributed by atoms with Gasteiger partial charge in [0.25, 0.3) is 0 Å². The second kappa shape index (κ2) is 9.58. The summed E-state index contributed by atoms with van der Waals surface area (Å²) in [6.45, 7) is 7.13. The number of aliphatic hydroxyl groups is 1. The van der Waals surface area contributed by atoms with Gasteiger partial charge < -0.3 is 15.3 Å². The van der Waals surface area contributed by atoms with Gasteiger partial charge in [-0.15, -0.1) is 5.10 Å². The maximum atomic E-state index is 12.3. The standard InChI is InChI=1S/C22H30N8O2/c1-15(2)19(14-31)25-21(32)13-29-6-8-30(9-7-29)22-26-18(12-23-27-22)16-4-5-20-17(10-16)11-24-28(20)3/h4-5,10-12,15,19,31H,6-9,13-14H2,1-3H3,(H,25,32). The number of piperazine rings is 1. The summed E-state index contributed by atoms with van der Waals surface area (Å²) >= 11 is 0. The van der Waals surface area contributed by atoms with Crippen molar-refractivity contribution in [1.29, 1.82) is 0 Å². The molecule has 1 aliphatic rings. The zero-order valence-electron chi connectivity index (χ0n) is 18.8. The summed E-state index contributed by atoms with van der Waals surface area (Å²) < 4.78 is 1.84. The van der Waals surface area contributed by atoms with Crippen LogP contribution < -0.4 is 10.2 Å². The minimum absolute atomic E-state index is 0.0500.